The number of benzene rings is 6. The van der Waals surface area contributed by atoms with Crippen molar-refractivity contribution in [3.05, 3.63) is 133 Å². The van der Waals surface area contributed by atoms with E-state index < -0.39 is 24.1 Å². The van der Waals surface area contributed by atoms with Crippen molar-refractivity contribution in [3.63, 3.8) is 0 Å². The minimum absolute atomic E-state index is 0.207. The quantitative estimate of drug-likeness (QED) is 0.0734. The Labute approximate surface area is 293 Å². The first-order valence-corrected chi connectivity index (χ1v) is 17.0. The van der Waals surface area contributed by atoms with Crippen LogP contribution in [0, 0.1) is 0 Å². The Bertz CT molecular complexity index is 1900. The summed E-state index contributed by atoms with van der Waals surface area (Å²) < 4.78 is 23.7. The van der Waals surface area contributed by atoms with Crippen LogP contribution in [0.5, 0.6) is 11.5 Å². The molecule has 0 saturated heterocycles. The number of ether oxygens (including phenoxy) is 4. The molecule has 0 aliphatic heterocycles. The van der Waals surface area contributed by atoms with Gasteiger partial charge >= 0.3 is 11.9 Å². The van der Waals surface area contributed by atoms with Gasteiger partial charge in [0.25, 0.3) is 0 Å². The molecule has 50 heavy (non-hydrogen) atoms. The predicted octanol–water partition coefficient (Wildman–Crippen LogP) is 10.5. The van der Waals surface area contributed by atoms with E-state index in [1.165, 1.54) is 21.5 Å². The number of hydrogen-bond donors (Lipinski definition) is 0. The molecule has 2 atom stereocenters. The highest BCUT2D eigenvalue weighted by molar-refractivity contribution is 6.11. The van der Waals surface area contributed by atoms with E-state index in [0.717, 1.165) is 21.5 Å². The zero-order chi connectivity index (χ0) is 35.6. The van der Waals surface area contributed by atoms with E-state index in [2.05, 4.69) is 73.8 Å². The van der Waals surface area contributed by atoms with E-state index in [4.69, 9.17) is 18.9 Å². The molecule has 0 aliphatic rings. The van der Waals surface area contributed by atoms with E-state index in [9.17, 15) is 9.59 Å². The lowest BCUT2D eigenvalue weighted by Gasteiger charge is -2.22. The van der Waals surface area contributed by atoms with Crippen molar-refractivity contribution in [2.45, 2.75) is 52.7 Å². The molecule has 6 nitrogen and oxygen atoms in total. The van der Waals surface area contributed by atoms with Crippen molar-refractivity contribution in [2.75, 3.05) is 13.2 Å². The van der Waals surface area contributed by atoms with Crippen LogP contribution in [0.4, 0.5) is 0 Å². The third-order valence-electron chi connectivity index (χ3n) is 8.43. The van der Waals surface area contributed by atoms with Crippen LogP contribution in [0.3, 0.4) is 0 Å². The van der Waals surface area contributed by atoms with Crippen molar-refractivity contribution >= 4 is 55.0 Å². The number of rotatable bonds is 12. The van der Waals surface area contributed by atoms with Crippen molar-refractivity contribution in [3.8, 4) is 11.5 Å². The van der Waals surface area contributed by atoms with Gasteiger partial charge in [0.05, 0.1) is 0 Å². The summed E-state index contributed by atoms with van der Waals surface area (Å²) in [6, 6.07) is 37.1. The Morgan fingerprint density at radius 2 is 0.800 bits per heavy atom. The van der Waals surface area contributed by atoms with Gasteiger partial charge in [-0.1, -0.05) is 124 Å². The maximum Gasteiger partial charge on any atom is 0.333 e. The number of fused-ring (bicyclic) bond motifs is 4. The number of esters is 2. The van der Waals surface area contributed by atoms with E-state index in [0.29, 0.717) is 35.5 Å². The fourth-order valence-electron chi connectivity index (χ4n) is 5.57. The standard InChI is InChI=1S/C30H34O6.C14H10/c1-7-21(35-29(31)19(3)4)17-33-27-23-13-9-11-15-25(23)28(26-16-12-10-14-24(26)27)34-18-22(8-2)36-30(32)20(5)6;1-2-6-12-10-14-8-4-3-7-13(14)9-11(12)5-1/h9-16,21-22H,3,5,7-8,17-18H2,1-2,4,6H3;1-10H. The molecule has 6 aromatic carbocycles. The molecule has 0 amide bonds. The molecule has 0 fully saturated rings. The maximum atomic E-state index is 12.0. The molecule has 6 aromatic rings. The summed E-state index contributed by atoms with van der Waals surface area (Å²) >= 11 is 0. The van der Waals surface area contributed by atoms with Gasteiger partial charge in [-0.05, 0) is 60.4 Å². The first-order valence-electron chi connectivity index (χ1n) is 17.0. The van der Waals surface area contributed by atoms with Gasteiger partial charge in [-0.25, -0.2) is 9.59 Å². The Balaban J connectivity index is 0.000000284. The molecule has 2 unspecified atom stereocenters. The third-order valence-corrected chi connectivity index (χ3v) is 8.43. The monoisotopic (exact) mass is 668 g/mol. The Morgan fingerprint density at radius 3 is 1.06 bits per heavy atom. The van der Waals surface area contributed by atoms with E-state index in [1.54, 1.807) is 13.8 Å². The van der Waals surface area contributed by atoms with Crippen molar-refractivity contribution in [2.24, 2.45) is 0 Å². The second-order valence-corrected chi connectivity index (χ2v) is 12.3. The maximum absolute atomic E-state index is 12.0. The summed E-state index contributed by atoms with van der Waals surface area (Å²) in [5.41, 5.74) is 0.704. The number of carbonyl (C=O) groups is 2. The minimum atomic E-state index is -0.429. The van der Waals surface area contributed by atoms with Crippen LogP contribution in [0.15, 0.2) is 133 Å². The molecular weight excluding hydrogens is 624 g/mol. The predicted molar refractivity (Wildman–Crippen MR) is 204 cm³/mol. The van der Waals surface area contributed by atoms with Gasteiger partial charge in [-0.3, -0.25) is 0 Å². The second kappa shape index (κ2) is 16.7. The van der Waals surface area contributed by atoms with Crippen LogP contribution >= 0.6 is 0 Å². The molecule has 0 N–H and O–H groups in total. The Kier molecular flexibility index (Phi) is 11.9. The van der Waals surface area contributed by atoms with Gasteiger partial charge in [0.15, 0.2) is 0 Å². The summed E-state index contributed by atoms with van der Waals surface area (Å²) in [5, 5.41) is 8.74. The summed E-state index contributed by atoms with van der Waals surface area (Å²) in [6.07, 6.45) is 0.404. The van der Waals surface area contributed by atoms with Gasteiger partial charge in [0.1, 0.15) is 36.9 Å². The summed E-state index contributed by atoms with van der Waals surface area (Å²) in [6.45, 7) is 14.8. The number of hydrogen-bond acceptors (Lipinski definition) is 6. The second-order valence-electron chi connectivity index (χ2n) is 12.3. The Morgan fingerprint density at radius 1 is 0.520 bits per heavy atom. The third kappa shape index (κ3) is 8.50. The SMILES string of the molecule is C=C(C)C(=O)OC(CC)COc1c2ccccc2c(OCC(CC)OC(=O)C(=C)C)c2ccccc12.c1ccc2cc3ccccc3cc2c1. The lowest BCUT2D eigenvalue weighted by Crippen LogP contribution is -2.25. The molecule has 0 radical (unpaired) electrons. The molecule has 0 aliphatic carbocycles. The molecule has 0 bridgehead atoms. The van der Waals surface area contributed by atoms with Gasteiger partial charge in [-0.2, -0.15) is 0 Å². The van der Waals surface area contributed by atoms with Gasteiger partial charge in [-0.15, -0.1) is 0 Å². The topological polar surface area (TPSA) is 71.1 Å². The molecule has 256 valence electrons. The highest BCUT2D eigenvalue weighted by Crippen LogP contribution is 2.43. The molecule has 6 rings (SSSR count). The highest BCUT2D eigenvalue weighted by atomic mass is 16.6. The van der Waals surface area contributed by atoms with Gasteiger partial charge in [0, 0.05) is 32.7 Å². The van der Waals surface area contributed by atoms with Crippen molar-refractivity contribution in [1.82, 2.24) is 0 Å². The minimum Gasteiger partial charge on any atom is -0.488 e. The van der Waals surface area contributed by atoms with Crippen LogP contribution in [0.25, 0.3) is 43.1 Å². The first kappa shape index (κ1) is 35.7. The molecule has 0 aromatic heterocycles. The highest BCUT2D eigenvalue weighted by Gasteiger charge is 2.21. The van der Waals surface area contributed by atoms with Crippen LogP contribution in [0.2, 0.25) is 0 Å². The summed E-state index contributed by atoms with van der Waals surface area (Å²) in [7, 11) is 0. The fraction of sp³-hybridized carbons (Fsp3) is 0.227. The summed E-state index contributed by atoms with van der Waals surface area (Å²) in [5.74, 6) is 0.529. The normalized spacial score (nSPS) is 12.1. The molecular formula is C44H44O6. The van der Waals surface area contributed by atoms with E-state index >= 15 is 0 Å². The fourth-order valence-corrected chi connectivity index (χ4v) is 5.57. The summed E-state index contributed by atoms with van der Waals surface area (Å²) in [4.78, 5) is 24.0. The first-order chi connectivity index (χ1) is 24.2. The number of carbonyl (C=O) groups excluding carboxylic acids is 2. The average Bonchev–Trinajstić information content (AvgIpc) is 3.14. The average molecular weight is 669 g/mol. The largest absolute Gasteiger partial charge is 0.488 e. The molecule has 0 heterocycles. The van der Waals surface area contributed by atoms with Gasteiger partial charge < -0.3 is 18.9 Å². The zero-order valence-corrected chi connectivity index (χ0v) is 29.2. The van der Waals surface area contributed by atoms with Crippen LogP contribution in [-0.2, 0) is 19.1 Å². The smallest absolute Gasteiger partial charge is 0.333 e. The zero-order valence-electron chi connectivity index (χ0n) is 29.2. The van der Waals surface area contributed by atoms with Crippen molar-refractivity contribution < 1.29 is 28.5 Å². The lowest BCUT2D eigenvalue weighted by atomic mass is 10.0. The molecule has 0 saturated carbocycles. The van der Waals surface area contributed by atoms with Crippen molar-refractivity contribution in [1.29, 1.82) is 0 Å². The molecule has 6 heteroatoms. The van der Waals surface area contributed by atoms with Crippen LogP contribution < -0.4 is 9.47 Å². The Hall–Kier alpha value is -5.62. The van der Waals surface area contributed by atoms with E-state index in [1.807, 2.05) is 62.4 Å². The lowest BCUT2D eigenvalue weighted by molar-refractivity contribution is -0.146. The van der Waals surface area contributed by atoms with Gasteiger partial charge in [0.2, 0.25) is 0 Å². The molecule has 0 spiro atoms. The van der Waals surface area contributed by atoms with Crippen LogP contribution in [0.1, 0.15) is 40.5 Å². The van der Waals surface area contributed by atoms with E-state index in [-0.39, 0.29) is 13.2 Å². The van der Waals surface area contributed by atoms with Crippen LogP contribution in [-0.4, -0.2) is 37.4 Å².